The topological polar surface area (TPSA) is 64.1 Å². The quantitative estimate of drug-likeness (QED) is 0.844. The summed E-state index contributed by atoms with van der Waals surface area (Å²) in [5.41, 5.74) is 3.69. The van der Waals surface area contributed by atoms with Crippen molar-refractivity contribution in [1.29, 1.82) is 0 Å². The van der Waals surface area contributed by atoms with E-state index in [1.165, 1.54) is 0 Å². The fourth-order valence-electron chi connectivity index (χ4n) is 2.94. The molecular formula is C20H23N3O3S. The summed E-state index contributed by atoms with van der Waals surface area (Å²) in [5, 5.41) is 8.96. The van der Waals surface area contributed by atoms with Crippen LogP contribution in [0.4, 0.5) is 22.7 Å². The van der Waals surface area contributed by atoms with E-state index < -0.39 is 5.97 Å². The van der Waals surface area contributed by atoms with Gasteiger partial charge in [0.15, 0.2) is 0 Å². The van der Waals surface area contributed by atoms with Crippen LogP contribution in [0.15, 0.2) is 46.2 Å². The average Bonchev–Trinajstić information content (AvgIpc) is 2.62. The van der Waals surface area contributed by atoms with Crippen LogP contribution < -0.4 is 14.7 Å². The van der Waals surface area contributed by atoms with Gasteiger partial charge in [0.25, 0.3) is 0 Å². The van der Waals surface area contributed by atoms with Crippen molar-refractivity contribution in [1.82, 2.24) is 0 Å². The molecule has 1 N–H and O–H groups in total. The molecule has 0 saturated carbocycles. The zero-order valence-electron chi connectivity index (χ0n) is 15.9. The molecule has 1 aliphatic rings. The highest BCUT2D eigenvalue weighted by molar-refractivity contribution is 7.99. The number of aliphatic carboxylic acids is 1. The van der Waals surface area contributed by atoms with Gasteiger partial charge >= 0.3 is 5.97 Å². The van der Waals surface area contributed by atoms with Crippen molar-refractivity contribution in [2.24, 2.45) is 0 Å². The molecule has 7 heteroatoms. The Morgan fingerprint density at radius 3 is 1.78 bits per heavy atom. The molecule has 1 aliphatic heterocycles. The average molecular weight is 385 g/mol. The molecule has 1 amide bonds. The van der Waals surface area contributed by atoms with E-state index in [-0.39, 0.29) is 18.7 Å². The van der Waals surface area contributed by atoms with E-state index in [0.717, 1.165) is 32.5 Å². The molecule has 0 bridgehead atoms. The van der Waals surface area contributed by atoms with Gasteiger partial charge in [0, 0.05) is 55.8 Å². The molecule has 0 radical (unpaired) electrons. The molecule has 6 nitrogen and oxygen atoms in total. The first-order valence-corrected chi connectivity index (χ1v) is 9.45. The van der Waals surface area contributed by atoms with Gasteiger partial charge in [-0.05, 0) is 36.4 Å². The third-order valence-electron chi connectivity index (χ3n) is 4.42. The van der Waals surface area contributed by atoms with Crippen LogP contribution in [0.2, 0.25) is 0 Å². The number of hydrogen-bond donors (Lipinski definition) is 1. The number of amides is 1. The smallest absolute Gasteiger partial charge is 0.303 e. The molecule has 0 atom stereocenters. The predicted molar refractivity (Wildman–Crippen MR) is 110 cm³/mol. The maximum Gasteiger partial charge on any atom is 0.303 e. The molecule has 0 spiro atoms. The summed E-state index contributed by atoms with van der Waals surface area (Å²) in [6, 6.07) is 11.9. The number of hydrogen-bond acceptors (Lipinski definition) is 5. The van der Waals surface area contributed by atoms with Crippen molar-refractivity contribution in [3.05, 3.63) is 36.4 Å². The number of nitrogens with zero attached hydrogens (tertiary/aromatic N) is 3. The number of benzene rings is 2. The van der Waals surface area contributed by atoms with Gasteiger partial charge in [-0.2, -0.15) is 0 Å². The van der Waals surface area contributed by atoms with Crippen LogP contribution >= 0.6 is 11.8 Å². The van der Waals surface area contributed by atoms with Crippen LogP contribution in [0, 0.1) is 0 Å². The lowest BCUT2D eigenvalue weighted by atomic mass is 10.1. The van der Waals surface area contributed by atoms with E-state index in [1.54, 1.807) is 16.7 Å². The van der Waals surface area contributed by atoms with Crippen molar-refractivity contribution >= 4 is 46.4 Å². The molecule has 0 fully saturated rings. The number of fused-ring (bicyclic) bond motifs is 2. The van der Waals surface area contributed by atoms with E-state index in [4.69, 9.17) is 5.11 Å². The molecule has 3 rings (SSSR count). The van der Waals surface area contributed by atoms with Crippen LogP contribution in [-0.4, -0.2) is 45.2 Å². The van der Waals surface area contributed by atoms with Gasteiger partial charge in [-0.15, -0.1) is 0 Å². The predicted octanol–water partition coefficient (Wildman–Crippen LogP) is 3.81. The van der Waals surface area contributed by atoms with Crippen LogP contribution in [0.1, 0.15) is 12.8 Å². The summed E-state index contributed by atoms with van der Waals surface area (Å²) >= 11 is 1.63. The molecule has 2 aromatic carbocycles. The Morgan fingerprint density at radius 2 is 1.37 bits per heavy atom. The zero-order valence-corrected chi connectivity index (χ0v) is 16.7. The zero-order chi connectivity index (χ0) is 19.7. The minimum Gasteiger partial charge on any atom is -0.481 e. The van der Waals surface area contributed by atoms with Crippen molar-refractivity contribution < 1.29 is 14.7 Å². The third-order valence-corrected chi connectivity index (χ3v) is 5.52. The van der Waals surface area contributed by atoms with E-state index in [9.17, 15) is 9.59 Å². The number of carbonyl (C=O) groups is 2. The molecular weight excluding hydrogens is 362 g/mol. The molecule has 0 unspecified atom stereocenters. The SMILES string of the molecule is CN(C)c1ccc2c(c1)Sc1cc(N(C)C)ccc1N2C(=O)CCC(=O)O. The Balaban J connectivity index is 2.08. The maximum absolute atomic E-state index is 12.9. The van der Waals surface area contributed by atoms with Crippen molar-refractivity contribution in [3.63, 3.8) is 0 Å². The van der Waals surface area contributed by atoms with Crippen LogP contribution in [-0.2, 0) is 9.59 Å². The molecule has 142 valence electrons. The highest BCUT2D eigenvalue weighted by atomic mass is 32.2. The van der Waals surface area contributed by atoms with E-state index in [1.807, 2.05) is 62.3 Å². The summed E-state index contributed by atoms with van der Waals surface area (Å²) in [6.45, 7) is 0. The first-order chi connectivity index (χ1) is 12.8. The normalized spacial score (nSPS) is 12.2. The first-order valence-electron chi connectivity index (χ1n) is 8.63. The Kier molecular flexibility index (Phi) is 5.32. The summed E-state index contributed by atoms with van der Waals surface area (Å²) in [4.78, 5) is 31.5. The molecule has 0 aromatic heterocycles. The van der Waals surface area contributed by atoms with Crippen molar-refractivity contribution in [3.8, 4) is 0 Å². The summed E-state index contributed by atoms with van der Waals surface area (Å²) < 4.78 is 0. The number of rotatable bonds is 5. The first kappa shape index (κ1) is 19.1. The second-order valence-corrected chi connectivity index (χ2v) is 7.90. The summed E-state index contributed by atoms with van der Waals surface area (Å²) in [6.07, 6.45) is -0.220. The lowest BCUT2D eigenvalue weighted by Crippen LogP contribution is -2.29. The lowest BCUT2D eigenvalue weighted by Gasteiger charge is -2.32. The fraction of sp³-hybridized carbons (Fsp3) is 0.300. The van der Waals surface area contributed by atoms with E-state index in [0.29, 0.717) is 0 Å². The molecule has 0 saturated heterocycles. The number of carbonyl (C=O) groups excluding carboxylic acids is 1. The number of carboxylic acids is 1. The van der Waals surface area contributed by atoms with Gasteiger partial charge in [-0.1, -0.05) is 11.8 Å². The van der Waals surface area contributed by atoms with Gasteiger partial charge in [0.05, 0.1) is 17.8 Å². The summed E-state index contributed by atoms with van der Waals surface area (Å²) in [5.74, 6) is -1.18. The summed E-state index contributed by atoms with van der Waals surface area (Å²) in [7, 11) is 7.90. The second kappa shape index (κ2) is 7.52. The van der Waals surface area contributed by atoms with Gasteiger partial charge in [0.2, 0.25) is 5.91 Å². The Bertz CT molecular complexity index is 839. The van der Waals surface area contributed by atoms with Gasteiger partial charge in [-0.25, -0.2) is 0 Å². The Hall–Kier alpha value is -2.67. The highest BCUT2D eigenvalue weighted by Crippen LogP contribution is 2.50. The maximum atomic E-state index is 12.9. The van der Waals surface area contributed by atoms with Gasteiger partial charge in [-0.3, -0.25) is 14.5 Å². The van der Waals surface area contributed by atoms with Crippen LogP contribution in [0.3, 0.4) is 0 Å². The Labute approximate surface area is 163 Å². The number of anilines is 4. The highest BCUT2D eigenvalue weighted by Gasteiger charge is 2.29. The fourth-order valence-corrected chi connectivity index (χ4v) is 4.06. The van der Waals surface area contributed by atoms with Crippen molar-refractivity contribution in [2.75, 3.05) is 42.9 Å². The number of carboxylic acid groups (broad SMARTS) is 1. The lowest BCUT2D eigenvalue weighted by molar-refractivity contribution is -0.138. The minimum atomic E-state index is -0.971. The largest absolute Gasteiger partial charge is 0.481 e. The van der Waals surface area contributed by atoms with Crippen molar-refractivity contribution in [2.45, 2.75) is 22.6 Å². The molecule has 2 aromatic rings. The van der Waals surface area contributed by atoms with E-state index in [2.05, 4.69) is 12.1 Å². The monoisotopic (exact) mass is 385 g/mol. The molecule has 27 heavy (non-hydrogen) atoms. The molecule has 0 aliphatic carbocycles. The Morgan fingerprint density at radius 1 is 0.889 bits per heavy atom. The minimum absolute atomic E-state index is 0.0380. The second-order valence-electron chi connectivity index (χ2n) is 6.82. The van der Waals surface area contributed by atoms with E-state index >= 15 is 0 Å². The van der Waals surface area contributed by atoms with Gasteiger partial charge < -0.3 is 14.9 Å². The van der Waals surface area contributed by atoms with Crippen LogP contribution in [0.5, 0.6) is 0 Å². The van der Waals surface area contributed by atoms with Crippen LogP contribution in [0.25, 0.3) is 0 Å². The standard InChI is InChI=1S/C20H23N3O3S/c1-21(2)13-5-7-15-17(11-13)27-18-12-14(22(3)4)6-8-16(18)23(15)19(24)9-10-20(25)26/h5-8,11-12H,9-10H2,1-4H3,(H,25,26). The molecule has 1 heterocycles. The third kappa shape index (κ3) is 3.88. The van der Waals surface area contributed by atoms with Gasteiger partial charge in [0.1, 0.15) is 0 Å².